The molecule has 0 amide bonds. The summed E-state index contributed by atoms with van der Waals surface area (Å²) in [5.74, 6) is -0.400. The van der Waals surface area contributed by atoms with Gasteiger partial charge in [0.15, 0.2) is 0 Å². The molecule has 0 fully saturated rings. The van der Waals surface area contributed by atoms with E-state index in [-0.39, 0.29) is 17.6 Å². The average molecular weight is 354 g/mol. The summed E-state index contributed by atoms with van der Waals surface area (Å²) in [5.41, 5.74) is 5.19. The molecule has 0 saturated carbocycles. The fraction of sp³-hybridized carbons (Fsp3) is 0.300. The number of imidazole rings is 2. The lowest BCUT2D eigenvalue weighted by atomic mass is 10.0. The van der Waals surface area contributed by atoms with Crippen LogP contribution in [-0.4, -0.2) is 18.8 Å². The molecule has 0 aliphatic carbocycles. The highest BCUT2D eigenvalue weighted by Gasteiger charge is 2.19. The van der Waals surface area contributed by atoms with Gasteiger partial charge >= 0.3 is 0 Å². The minimum atomic E-state index is -0.253. The zero-order chi connectivity index (χ0) is 18.6. The van der Waals surface area contributed by atoms with Gasteiger partial charge in [-0.05, 0) is 39.3 Å². The number of aromatic nitrogens is 4. The quantitative estimate of drug-likeness (QED) is 0.542. The van der Waals surface area contributed by atoms with Crippen molar-refractivity contribution in [2.45, 2.75) is 40.0 Å². The Balaban J connectivity index is 1.71. The van der Waals surface area contributed by atoms with Crippen LogP contribution in [0, 0.1) is 32.4 Å². The summed E-state index contributed by atoms with van der Waals surface area (Å²) in [5, 5.41) is 0. The van der Waals surface area contributed by atoms with E-state index >= 15 is 0 Å². The van der Waals surface area contributed by atoms with Crippen LogP contribution in [0.2, 0.25) is 0 Å². The minimum absolute atomic E-state index is 0.104. The number of fused-ring (bicyclic) bond motifs is 2. The van der Waals surface area contributed by atoms with Gasteiger partial charge in [-0.1, -0.05) is 6.92 Å². The van der Waals surface area contributed by atoms with Gasteiger partial charge in [-0.2, -0.15) is 0 Å². The van der Waals surface area contributed by atoms with Gasteiger partial charge in [-0.15, -0.1) is 0 Å². The molecule has 0 aliphatic heterocycles. The number of aryl methyl sites for hydroxylation is 3. The Labute approximate surface area is 150 Å². The molecule has 0 N–H and O–H groups in total. The molecule has 0 spiro atoms. The van der Waals surface area contributed by atoms with Crippen LogP contribution in [0.1, 0.15) is 41.1 Å². The normalized spacial score (nSPS) is 13.0. The fourth-order valence-corrected chi connectivity index (χ4v) is 3.54. The van der Waals surface area contributed by atoms with Gasteiger partial charge in [0.2, 0.25) is 0 Å². The number of hydrogen-bond acceptors (Lipinski definition) is 2. The summed E-state index contributed by atoms with van der Waals surface area (Å²) >= 11 is 0. The first-order valence-corrected chi connectivity index (χ1v) is 8.63. The van der Waals surface area contributed by atoms with Gasteiger partial charge in [-0.3, -0.25) is 0 Å². The summed E-state index contributed by atoms with van der Waals surface area (Å²) in [7, 11) is 0. The maximum Gasteiger partial charge on any atom is 0.143 e. The second-order valence-corrected chi connectivity index (χ2v) is 6.92. The number of rotatable bonds is 3. The van der Waals surface area contributed by atoms with Crippen molar-refractivity contribution in [1.29, 1.82) is 0 Å². The molecule has 134 valence electrons. The molecule has 6 heteroatoms. The van der Waals surface area contributed by atoms with Crippen molar-refractivity contribution in [1.82, 2.24) is 18.8 Å². The maximum atomic E-state index is 13.8. The van der Waals surface area contributed by atoms with Gasteiger partial charge in [0, 0.05) is 41.3 Å². The fourth-order valence-electron chi connectivity index (χ4n) is 3.54. The second-order valence-electron chi connectivity index (χ2n) is 6.92. The molecule has 26 heavy (non-hydrogen) atoms. The topological polar surface area (TPSA) is 34.6 Å². The third-order valence-corrected chi connectivity index (χ3v) is 5.09. The van der Waals surface area contributed by atoms with Crippen LogP contribution < -0.4 is 0 Å². The van der Waals surface area contributed by atoms with Crippen LogP contribution in [-0.2, 0) is 6.42 Å². The molecular weight excluding hydrogens is 334 g/mol. The Hall–Kier alpha value is -2.76. The van der Waals surface area contributed by atoms with Crippen molar-refractivity contribution >= 4 is 11.3 Å². The van der Waals surface area contributed by atoms with E-state index in [0.717, 1.165) is 17.1 Å². The smallest absolute Gasteiger partial charge is 0.143 e. The molecule has 0 aromatic carbocycles. The average Bonchev–Trinajstić information content (AvgIpc) is 3.16. The first-order valence-electron chi connectivity index (χ1n) is 8.63. The van der Waals surface area contributed by atoms with E-state index in [1.165, 1.54) is 12.1 Å². The Morgan fingerprint density at radius 2 is 1.62 bits per heavy atom. The molecule has 4 heterocycles. The van der Waals surface area contributed by atoms with E-state index in [2.05, 4.69) is 16.9 Å². The lowest BCUT2D eigenvalue weighted by molar-refractivity contribution is 0.616. The van der Waals surface area contributed by atoms with Crippen LogP contribution in [0.15, 0.2) is 30.7 Å². The molecule has 0 aliphatic rings. The van der Waals surface area contributed by atoms with Crippen molar-refractivity contribution in [2.75, 3.05) is 0 Å². The van der Waals surface area contributed by atoms with Crippen LogP contribution in [0.5, 0.6) is 0 Å². The monoisotopic (exact) mass is 354 g/mol. The van der Waals surface area contributed by atoms with Gasteiger partial charge in [-0.25, -0.2) is 18.7 Å². The molecule has 0 bridgehead atoms. The minimum Gasteiger partial charge on any atom is -0.306 e. The Morgan fingerprint density at radius 3 is 2.35 bits per heavy atom. The third-order valence-electron chi connectivity index (χ3n) is 5.09. The molecule has 4 aromatic rings. The van der Waals surface area contributed by atoms with Crippen molar-refractivity contribution in [3.63, 3.8) is 0 Å². The van der Waals surface area contributed by atoms with Crippen molar-refractivity contribution < 1.29 is 8.78 Å². The SMILES string of the molecule is Cc1c(F)ccn2cc(CC(C)c3nc4c(C)c(F)ccn4c3C)nc12. The first kappa shape index (κ1) is 16.7. The van der Waals surface area contributed by atoms with E-state index < -0.39 is 0 Å². The largest absolute Gasteiger partial charge is 0.306 e. The molecule has 1 atom stereocenters. The molecule has 4 aromatic heterocycles. The summed E-state index contributed by atoms with van der Waals surface area (Å²) in [6.45, 7) is 7.55. The lowest BCUT2D eigenvalue weighted by Gasteiger charge is -2.07. The second kappa shape index (κ2) is 5.90. The number of hydrogen-bond donors (Lipinski definition) is 0. The van der Waals surface area contributed by atoms with Crippen molar-refractivity contribution in [3.05, 3.63) is 70.6 Å². The van der Waals surface area contributed by atoms with Gasteiger partial charge in [0.1, 0.15) is 22.9 Å². The molecular formula is C20H20F2N4. The van der Waals surface area contributed by atoms with Crippen LogP contribution >= 0.6 is 0 Å². The Morgan fingerprint density at radius 1 is 0.962 bits per heavy atom. The summed E-state index contributed by atoms with van der Waals surface area (Å²) in [6.07, 6.45) is 6.00. The van der Waals surface area contributed by atoms with Gasteiger partial charge in [0.25, 0.3) is 0 Å². The maximum absolute atomic E-state index is 13.8. The van der Waals surface area contributed by atoms with E-state index in [0.29, 0.717) is 28.8 Å². The highest BCUT2D eigenvalue weighted by molar-refractivity contribution is 5.52. The molecule has 0 radical (unpaired) electrons. The zero-order valence-electron chi connectivity index (χ0n) is 15.2. The standard InChI is InChI=1S/C20H20F2N4/c1-11(9-15-10-25-7-5-16(21)12(2)19(25)23-15)18-14(4)26-8-6-17(22)13(3)20(26)24-18/h5-8,10-11H,9H2,1-4H3. The van der Waals surface area contributed by atoms with E-state index in [9.17, 15) is 8.78 Å². The van der Waals surface area contributed by atoms with Crippen molar-refractivity contribution in [3.8, 4) is 0 Å². The molecule has 1 unspecified atom stereocenters. The highest BCUT2D eigenvalue weighted by Crippen LogP contribution is 2.26. The van der Waals surface area contributed by atoms with Crippen LogP contribution in [0.25, 0.3) is 11.3 Å². The lowest BCUT2D eigenvalue weighted by Crippen LogP contribution is -2.01. The van der Waals surface area contributed by atoms with E-state index in [1.807, 2.05) is 21.9 Å². The Bertz CT molecular complexity index is 1140. The summed E-state index contributed by atoms with van der Waals surface area (Å²) < 4.78 is 31.3. The van der Waals surface area contributed by atoms with Crippen molar-refractivity contribution in [2.24, 2.45) is 0 Å². The van der Waals surface area contributed by atoms with Gasteiger partial charge < -0.3 is 8.80 Å². The van der Waals surface area contributed by atoms with Crippen LogP contribution in [0.3, 0.4) is 0 Å². The molecule has 4 rings (SSSR count). The predicted molar refractivity (Wildman–Crippen MR) is 96.6 cm³/mol. The number of halogens is 2. The summed E-state index contributed by atoms with van der Waals surface area (Å²) in [4.78, 5) is 9.26. The zero-order valence-corrected chi connectivity index (χ0v) is 15.2. The molecule has 0 saturated heterocycles. The predicted octanol–water partition coefficient (Wildman–Crippen LogP) is 4.53. The van der Waals surface area contributed by atoms with Crippen LogP contribution in [0.4, 0.5) is 8.78 Å². The summed E-state index contributed by atoms with van der Waals surface area (Å²) in [6, 6.07) is 2.91. The van der Waals surface area contributed by atoms with E-state index in [4.69, 9.17) is 0 Å². The first-order chi connectivity index (χ1) is 12.4. The van der Waals surface area contributed by atoms with E-state index in [1.54, 1.807) is 26.2 Å². The van der Waals surface area contributed by atoms with Gasteiger partial charge in [0.05, 0.1) is 11.4 Å². The molecule has 4 nitrogen and oxygen atoms in total. The Kier molecular flexibility index (Phi) is 3.79. The third kappa shape index (κ3) is 2.48. The highest BCUT2D eigenvalue weighted by atomic mass is 19.1. The number of nitrogens with zero attached hydrogens (tertiary/aromatic N) is 4. The number of pyridine rings is 2.